The number of nitrogens with one attached hydrogen (secondary N) is 2. The molecule has 0 saturated heterocycles. The number of carbonyl (C=O) groups is 1. The van der Waals surface area contributed by atoms with E-state index in [0.717, 1.165) is 4.90 Å². The molecule has 128 valence electrons. The van der Waals surface area contributed by atoms with Gasteiger partial charge >= 0.3 is 0 Å². The average Bonchev–Trinajstić information content (AvgIpc) is 2.54. The van der Waals surface area contributed by atoms with Crippen molar-refractivity contribution in [3.8, 4) is 5.75 Å². The topological polar surface area (TPSA) is 84.5 Å². The van der Waals surface area contributed by atoms with Gasteiger partial charge in [-0.15, -0.1) is 11.8 Å². The van der Waals surface area contributed by atoms with Gasteiger partial charge in [-0.3, -0.25) is 9.52 Å². The van der Waals surface area contributed by atoms with Crippen LogP contribution in [0, 0.1) is 0 Å². The van der Waals surface area contributed by atoms with E-state index in [0.29, 0.717) is 17.1 Å². The summed E-state index contributed by atoms with van der Waals surface area (Å²) >= 11 is 1.42. The summed E-state index contributed by atoms with van der Waals surface area (Å²) in [5, 5.41) is 2.65. The van der Waals surface area contributed by atoms with Crippen molar-refractivity contribution in [1.82, 2.24) is 0 Å². The number of amides is 1. The van der Waals surface area contributed by atoms with Gasteiger partial charge in [0.05, 0.1) is 23.4 Å². The van der Waals surface area contributed by atoms with Crippen molar-refractivity contribution in [2.75, 3.05) is 23.4 Å². The third kappa shape index (κ3) is 4.42. The monoisotopic (exact) mass is 366 g/mol. The fraction of sp³-hybridized carbons (Fsp3) is 0.188. The second-order valence-corrected chi connectivity index (χ2v) is 7.41. The summed E-state index contributed by atoms with van der Waals surface area (Å²) in [4.78, 5) is 12.1. The predicted molar refractivity (Wildman–Crippen MR) is 96.3 cm³/mol. The van der Waals surface area contributed by atoms with Gasteiger partial charge in [-0.1, -0.05) is 6.07 Å². The molecule has 2 aromatic rings. The van der Waals surface area contributed by atoms with Crippen LogP contribution < -0.4 is 14.8 Å². The number of carbonyl (C=O) groups excluding carboxylic acids is 1. The molecule has 24 heavy (non-hydrogen) atoms. The quantitative estimate of drug-likeness (QED) is 0.767. The van der Waals surface area contributed by atoms with Gasteiger partial charge in [0, 0.05) is 17.9 Å². The highest BCUT2D eigenvalue weighted by Gasteiger charge is 2.17. The van der Waals surface area contributed by atoms with E-state index in [9.17, 15) is 13.2 Å². The Morgan fingerprint density at radius 1 is 1.17 bits per heavy atom. The molecule has 0 atom stereocenters. The zero-order chi connectivity index (χ0) is 17.7. The molecule has 2 N–H and O–H groups in total. The molecule has 0 aliphatic rings. The van der Waals surface area contributed by atoms with Crippen molar-refractivity contribution in [2.45, 2.75) is 16.7 Å². The highest BCUT2D eigenvalue weighted by atomic mass is 32.2. The fourth-order valence-corrected chi connectivity index (χ4v) is 3.65. The Bertz CT molecular complexity index is 851. The van der Waals surface area contributed by atoms with E-state index in [1.807, 2.05) is 6.26 Å². The van der Waals surface area contributed by atoms with Crippen molar-refractivity contribution >= 4 is 39.1 Å². The van der Waals surface area contributed by atoms with E-state index in [4.69, 9.17) is 4.74 Å². The molecule has 0 aliphatic heterocycles. The van der Waals surface area contributed by atoms with E-state index in [1.165, 1.54) is 37.9 Å². The van der Waals surface area contributed by atoms with Crippen molar-refractivity contribution in [3.63, 3.8) is 0 Å². The van der Waals surface area contributed by atoms with E-state index in [1.54, 1.807) is 30.3 Å². The second-order valence-electron chi connectivity index (χ2n) is 4.88. The summed E-state index contributed by atoms with van der Waals surface area (Å²) in [5.74, 6) is 0.285. The zero-order valence-corrected chi connectivity index (χ0v) is 15.1. The zero-order valence-electron chi connectivity index (χ0n) is 13.5. The first-order chi connectivity index (χ1) is 11.4. The molecule has 0 spiro atoms. The molecule has 0 bridgehead atoms. The summed E-state index contributed by atoms with van der Waals surface area (Å²) in [7, 11) is -2.28. The lowest BCUT2D eigenvalue weighted by atomic mass is 10.3. The molecule has 0 saturated carbocycles. The summed E-state index contributed by atoms with van der Waals surface area (Å²) in [6, 6.07) is 11.2. The number of anilines is 2. The Morgan fingerprint density at radius 2 is 1.92 bits per heavy atom. The van der Waals surface area contributed by atoms with Gasteiger partial charge in [0.1, 0.15) is 5.75 Å². The van der Waals surface area contributed by atoms with Crippen LogP contribution in [-0.2, 0) is 14.8 Å². The molecule has 0 fully saturated rings. The third-order valence-electron chi connectivity index (χ3n) is 3.11. The number of rotatable bonds is 6. The number of thioether (sulfide) groups is 1. The molecule has 2 rings (SSSR count). The van der Waals surface area contributed by atoms with Crippen molar-refractivity contribution in [1.29, 1.82) is 0 Å². The number of benzene rings is 2. The Kier molecular flexibility index (Phi) is 5.74. The molecular formula is C16H18N2O4S2. The lowest BCUT2D eigenvalue weighted by Gasteiger charge is -2.13. The van der Waals surface area contributed by atoms with Gasteiger partial charge < -0.3 is 10.1 Å². The molecule has 0 radical (unpaired) electrons. The van der Waals surface area contributed by atoms with Gasteiger partial charge in [-0.25, -0.2) is 8.42 Å². The van der Waals surface area contributed by atoms with E-state index in [2.05, 4.69) is 10.0 Å². The van der Waals surface area contributed by atoms with E-state index in [-0.39, 0.29) is 10.8 Å². The average molecular weight is 366 g/mol. The molecule has 0 aromatic heterocycles. The smallest absolute Gasteiger partial charge is 0.261 e. The highest BCUT2D eigenvalue weighted by Crippen LogP contribution is 2.29. The summed E-state index contributed by atoms with van der Waals surface area (Å²) in [6.45, 7) is 1.37. The molecule has 1 amide bonds. The van der Waals surface area contributed by atoms with Crippen LogP contribution >= 0.6 is 11.8 Å². The molecule has 0 unspecified atom stereocenters. The number of sulfonamides is 1. The fourth-order valence-electron chi connectivity index (χ4n) is 2.04. The summed E-state index contributed by atoms with van der Waals surface area (Å²) in [6.07, 6.45) is 1.85. The molecule has 6 nitrogen and oxygen atoms in total. The minimum absolute atomic E-state index is 0.0619. The normalized spacial score (nSPS) is 11.0. The molecule has 0 heterocycles. The minimum atomic E-state index is -3.79. The van der Waals surface area contributed by atoms with Crippen molar-refractivity contribution in [2.24, 2.45) is 0 Å². The Labute approximate surface area is 145 Å². The van der Waals surface area contributed by atoms with Gasteiger partial charge in [0.15, 0.2) is 0 Å². The van der Waals surface area contributed by atoms with Crippen molar-refractivity contribution < 1.29 is 17.9 Å². The minimum Gasteiger partial charge on any atom is -0.497 e. The second kappa shape index (κ2) is 7.59. The molecule has 0 aliphatic carbocycles. The van der Waals surface area contributed by atoms with Crippen LogP contribution in [0.25, 0.3) is 0 Å². The molecule has 8 heteroatoms. The van der Waals surface area contributed by atoms with Crippen LogP contribution in [-0.4, -0.2) is 27.7 Å². The van der Waals surface area contributed by atoms with E-state index < -0.39 is 10.0 Å². The van der Waals surface area contributed by atoms with Crippen LogP contribution in [0.1, 0.15) is 6.92 Å². The Balaban J connectivity index is 2.36. The number of hydrogen-bond donors (Lipinski definition) is 2. The lowest BCUT2D eigenvalue weighted by Crippen LogP contribution is -2.14. The van der Waals surface area contributed by atoms with Crippen molar-refractivity contribution in [3.05, 3.63) is 42.5 Å². The molecular weight excluding hydrogens is 348 g/mol. The standard InChI is InChI=1S/C16H18N2O4S2/c1-11(19)17-15-10-14(7-8-16(15)23-3)24(20,21)18-12-5-4-6-13(9-12)22-2/h4-10,18H,1-3H3,(H,17,19). The number of ether oxygens (including phenoxy) is 1. The Hall–Kier alpha value is -2.19. The van der Waals surface area contributed by atoms with Gasteiger partial charge in [-0.2, -0.15) is 0 Å². The predicted octanol–water partition coefficient (Wildman–Crippen LogP) is 3.18. The maximum Gasteiger partial charge on any atom is 0.261 e. The summed E-state index contributed by atoms with van der Waals surface area (Å²) < 4.78 is 32.7. The van der Waals surface area contributed by atoms with Crippen LogP contribution in [0.3, 0.4) is 0 Å². The maximum absolute atomic E-state index is 12.6. The van der Waals surface area contributed by atoms with Crippen LogP contribution in [0.2, 0.25) is 0 Å². The highest BCUT2D eigenvalue weighted by molar-refractivity contribution is 7.98. The summed E-state index contributed by atoms with van der Waals surface area (Å²) in [5.41, 5.74) is 0.855. The van der Waals surface area contributed by atoms with Crippen LogP contribution in [0.4, 0.5) is 11.4 Å². The first-order valence-electron chi connectivity index (χ1n) is 6.98. The first-order valence-corrected chi connectivity index (χ1v) is 9.69. The van der Waals surface area contributed by atoms with Gasteiger partial charge in [0.2, 0.25) is 5.91 Å². The number of hydrogen-bond acceptors (Lipinski definition) is 5. The molecule has 2 aromatic carbocycles. The van der Waals surface area contributed by atoms with Crippen LogP contribution in [0.15, 0.2) is 52.3 Å². The largest absolute Gasteiger partial charge is 0.497 e. The maximum atomic E-state index is 12.6. The SMILES string of the molecule is COc1cccc(NS(=O)(=O)c2ccc(SC)c(NC(C)=O)c2)c1. The third-order valence-corrected chi connectivity index (χ3v) is 5.29. The lowest BCUT2D eigenvalue weighted by molar-refractivity contribution is -0.114. The number of methoxy groups -OCH3 is 1. The Morgan fingerprint density at radius 3 is 2.54 bits per heavy atom. The van der Waals surface area contributed by atoms with Crippen LogP contribution in [0.5, 0.6) is 5.75 Å². The van der Waals surface area contributed by atoms with E-state index >= 15 is 0 Å². The first kappa shape index (κ1) is 18.2. The van der Waals surface area contributed by atoms with Gasteiger partial charge in [-0.05, 0) is 36.6 Å². The van der Waals surface area contributed by atoms with Gasteiger partial charge in [0.25, 0.3) is 10.0 Å².